The Morgan fingerprint density at radius 3 is 1.26 bits per heavy atom. The van der Waals surface area contributed by atoms with Crippen molar-refractivity contribution >= 4 is 5.97 Å². The fraction of sp³-hybridized carbons (Fsp3) is 0.844. The van der Waals surface area contributed by atoms with Crippen molar-refractivity contribution in [2.75, 3.05) is 6.61 Å². The van der Waals surface area contributed by atoms with Crippen LogP contribution in [0.3, 0.4) is 0 Å². The molecule has 0 radical (unpaired) electrons. The van der Waals surface area contributed by atoms with Gasteiger partial charge in [0.25, 0.3) is 0 Å². The zero-order chi connectivity index (χ0) is 24.8. The quantitative estimate of drug-likeness (QED) is 0.0669. The number of rotatable bonds is 27. The molecule has 2 heteroatoms. The summed E-state index contributed by atoms with van der Waals surface area (Å²) in [6, 6.07) is 0. The first-order valence-corrected chi connectivity index (χ1v) is 15.3. The Balaban J connectivity index is 3.23. The predicted molar refractivity (Wildman–Crippen MR) is 151 cm³/mol. The van der Waals surface area contributed by atoms with Gasteiger partial charge >= 0.3 is 5.97 Å². The fourth-order valence-electron chi connectivity index (χ4n) is 4.24. The van der Waals surface area contributed by atoms with Gasteiger partial charge in [0, 0.05) is 6.42 Å². The molecule has 0 aliphatic rings. The Bertz CT molecular complexity index is 452. The van der Waals surface area contributed by atoms with Gasteiger partial charge in [-0.1, -0.05) is 122 Å². The van der Waals surface area contributed by atoms with Crippen molar-refractivity contribution in [3.05, 3.63) is 24.3 Å². The number of allylic oxidation sites excluding steroid dienone is 4. The lowest BCUT2D eigenvalue weighted by Crippen LogP contribution is -2.05. The summed E-state index contributed by atoms with van der Waals surface area (Å²) in [7, 11) is 0. The number of ether oxygens (including phenoxy) is 1. The van der Waals surface area contributed by atoms with Crippen LogP contribution in [-0.2, 0) is 9.53 Å². The molecule has 0 rings (SSSR count). The van der Waals surface area contributed by atoms with Gasteiger partial charge in [-0.3, -0.25) is 4.79 Å². The SMILES string of the molecule is CCCCCC/C=C\CCCCCCCC(=O)OCCCCCCCC/C=C/CCCCCC. The van der Waals surface area contributed by atoms with Crippen LogP contribution < -0.4 is 0 Å². The summed E-state index contributed by atoms with van der Waals surface area (Å²) in [6.45, 7) is 5.14. The molecule has 0 heterocycles. The average molecular weight is 477 g/mol. The molecule has 0 N–H and O–H groups in total. The van der Waals surface area contributed by atoms with E-state index in [1.165, 1.54) is 128 Å². The molecule has 0 fully saturated rings. The van der Waals surface area contributed by atoms with E-state index in [1.807, 2.05) is 0 Å². The van der Waals surface area contributed by atoms with Crippen LogP contribution in [0.4, 0.5) is 0 Å². The van der Waals surface area contributed by atoms with E-state index in [0.29, 0.717) is 13.0 Å². The molecule has 0 unspecified atom stereocenters. The lowest BCUT2D eigenvalue weighted by atomic mass is 10.1. The Labute approximate surface area is 214 Å². The Morgan fingerprint density at radius 1 is 0.471 bits per heavy atom. The Hall–Kier alpha value is -1.05. The molecule has 0 bridgehead atoms. The molecule has 0 saturated heterocycles. The highest BCUT2D eigenvalue weighted by Crippen LogP contribution is 2.11. The smallest absolute Gasteiger partial charge is 0.305 e. The molecule has 0 spiro atoms. The van der Waals surface area contributed by atoms with E-state index in [-0.39, 0.29) is 5.97 Å². The predicted octanol–water partition coefficient (Wildman–Crippen LogP) is 11.0. The first-order valence-electron chi connectivity index (χ1n) is 15.3. The summed E-state index contributed by atoms with van der Waals surface area (Å²) in [4.78, 5) is 11.8. The van der Waals surface area contributed by atoms with Crippen LogP contribution in [0.2, 0.25) is 0 Å². The number of hydrogen-bond acceptors (Lipinski definition) is 2. The largest absolute Gasteiger partial charge is 0.466 e. The van der Waals surface area contributed by atoms with Crippen molar-refractivity contribution in [3.8, 4) is 0 Å². The normalized spacial score (nSPS) is 11.7. The fourth-order valence-corrected chi connectivity index (χ4v) is 4.24. The molecule has 0 aliphatic heterocycles. The third-order valence-corrected chi connectivity index (χ3v) is 6.56. The van der Waals surface area contributed by atoms with Gasteiger partial charge in [0.1, 0.15) is 0 Å². The van der Waals surface area contributed by atoms with Crippen LogP contribution >= 0.6 is 0 Å². The van der Waals surface area contributed by atoms with E-state index in [1.54, 1.807) is 0 Å². The minimum absolute atomic E-state index is 0.00693. The molecule has 0 aromatic heterocycles. The summed E-state index contributed by atoms with van der Waals surface area (Å²) < 4.78 is 5.40. The second-order valence-corrected chi connectivity index (χ2v) is 10.1. The topological polar surface area (TPSA) is 26.3 Å². The highest BCUT2D eigenvalue weighted by Gasteiger charge is 2.02. The summed E-state index contributed by atoms with van der Waals surface area (Å²) in [5.41, 5.74) is 0. The van der Waals surface area contributed by atoms with E-state index in [9.17, 15) is 4.79 Å². The van der Waals surface area contributed by atoms with Gasteiger partial charge in [0.15, 0.2) is 0 Å². The maximum absolute atomic E-state index is 11.8. The Kier molecular flexibility index (Phi) is 29.1. The molecule has 0 aromatic rings. The van der Waals surface area contributed by atoms with Gasteiger partial charge in [-0.2, -0.15) is 0 Å². The van der Waals surface area contributed by atoms with Gasteiger partial charge in [0.05, 0.1) is 6.61 Å². The van der Waals surface area contributed by atoms with Crippen molar-refractivity contribution in [1.29, 1.82) is 0 Å². The first-order chi connectivity index (χ1) is 16.8. The van der Waals surface area contributed by atoms with Gasteiger partial charge in [-0.05, 0) is 64.2 Å². The van der Waals surface area contributed by atoms with E-state index >= 15 is 0 Å². The number of carbonyl (C=O) groups is 1. The maximum Gasteiger partial charge on any atom is 0.305 e. The molecular weight excluding hydrogens is 416 g/mol. The third-order valence-electron chi connectivity index (χ3n) is 6.56. The third kappa shape index (κ3) is 29.0. The second kappa shape index (κ2) is 30.0. The summed E-state index contributed by atoms with van der Waals surface area (Å²) in [6.07, 6.45) is 39.3. The summed E-state index contributed by atoms with van der Waals surface area (Å²) in [5, 5.41) is 0. The maximum atomic E-state index is 11.8. The van der Waals surface area contributed by atoms with Gasteiger partial charge in [-0.15, -0.1) is 0 Å². The first kappa shape index (κ1) is 33.0. The zero-order valence-electron chi connectivity index (χ0n) is 23.3. The molecular formula is C32H60O2. The minimum Gasteiger partial charge on any atom is -0.466 e. The molecule has 0 aromatic carbocycles. The number of esters is 1. The molecule has 200 valence electrons. The molecule has 0 atom stereocenters. The van der Waals surface area contributed by atoms with Crippen molar-refractivity contribution in [2.24, 2.45) is 0 Å². The van der Waals surface area contributed by atoms with Gasteiger partial charge < -0.3 is 4.74 Å². The number of unbranched alkanes of at least 4 members (excludes halogenated alkanes) is 19. The van der Waals surface area contributed by atoms with Crippen molar-refractivity contribution in [3.63, 3.8) is 0 Å². The average Bonchev–Trinajstić information content (AvgIpc) is 2.84. The monoisotopic (exact) mass is 476 g/mol. The highest BCUT2D eigenvalue weighted by atomic mass is 16.5. The van der Waals surface area contributed by atoms with Crippen molar-refractivity contribution in [1.82, 2.24) is 0 Å². The Morgan fingerprint density at radius 2 is 0.824 bits per heavy atom. The van der Waals surface area contributed by atoms with E-state index < -0.39 is 0 Å². The zero-order valence-corrected chi connectivity index (χ0v) is 23.3. The number of hydrogen-bond donors (Lipinski definition) is 0. The summed E-state index contributed by atoms with van der Waals surface area (Å²) >= 11 is 0. The van der Waals surface area contributed by atoms with Crippen LogP contribution in [0.15, 0.2) is 24.3 Å². The standard InChI is InChI=1S/C32H60O2/c1-3-5-7-9-11-13-15-17-19-21-23-25-27-29-31-34-32(33)30-28-26-24-22-20-18-16-14-12-10-8-6-4-2/h13-16H,3-12,17-31H2,1-2H3/b15-13+,16-14-. The van der Waals surface area contributed by atoms with Crippen molar-refractivity contribution in [2.45, 2.75) is 168 Å². The minimum atomic E-state index is 0.00693. The van der Waals surface area contributed by atoms with Gasteiger partial charge in [0.2, 0.25) is 0 Å². The molecule has 0 amide bonds. The van der Waals surface area contributed by atoms with E-state index in [4.69, 9.17) is 4.74 Å². The number of carbonyl (C=O) groups excluding carboxylic acids is 1. The molecule has 0 aliphatic carbocycles. The van der Waals surface area contributed by atoms with Crippen LogP contribution in [-0.4, -0.2) is 12.6 Å². The van der Waals surface area contributed by atoms with Gasteiger partial charge in [-0.25, -0.2) is 0 Å². The van der Waals surface area contributed by atoms with Crippen LogP contribution in [0.25, 0.3) is 0 Å². The van der Waals surface area contributed by atoms with Crippen LogP contribution in [0, 0.1) is 0 Å². The summed E-state index contributed by atoms with van der Waals surface area (Å²) in [5.74, 6) is 0.00693. The molecule has 34 heavy (non-hydrogen) atoms. The lowest BCUT2D eigenvalue weighted by Gasteiger charge is -2.05. The van der Waals surface area contributed by atoms with E-state index in [2.05, 4.69) is 38.2 Å². The highest BCUT2D eigenvalue weighted by molar-refractivity contribution is 5.69. The van der Waals surface area contributed by atoms with Crippen LogP contribution in [0.1, 0.15) is 168 Å². The van der Waals surface area contributed by atoms with E-state index in [0.717, 1.165) is 19.3 Å². The van der Waals surface area contributed by atoms with Crippen molar-refractivity contribution < 1.29 is 9.53 Å². The molecule has 2 nitrogen and oxygen atoms in total. The lowest BCUT2D eigenvalue weighted by molar-refractivity contribution is -0.143. The van der Waals surface area contributed by atoms with Crippen LogP contribution in [0.5, 0.6) is 0 Å². The second-order valence-electron chi connectivity index (χ2n) is 10.1. The molecule has 0 saturated carbocycles.